The van der Waals surface area contributed by atoms with Crippen LogP contribution >= 0.6 is 23.1 Å². The van der Waals surface area contributed by atoms with Gasteiger partial charge in [0.05, 0.1) is 24.3 Å². The zero-order valence-corrected chi connectivity index (χ0v) is 15.5. The molecule has 0 saturated heterocycles. The fourth-order valence-electron chi connectivity index (χ4n) is 2.14. The third-order valence-corrected chi connectivity index (χ3v) is 4.87. The molecule has 0 unspecified atom stereocenters. The fourth-order valence-corrected chi connectivity index (χ4v) is 3.45. The summed E-state index contributed by atoms with van der Waals surface area (Å²) in [7, 11) is 1.69. The summed E-state index contributed by atoms with van der Waals surface area (Å²) < 4.78 is 0. The number of nitrogens with one attached hydrogen (secondary N) is 2. The van der Waals surface area contributed by atoms with Crippen LogP contribution in [0.2, 0.25) is 0 Å². The second kappa shape index (κ2) is 9.22. The molecule has 2 aromatic rings. The number of para-hydroxylation sites is 1. The van der Waals surface area contributed by atoms with Crippen molar-refractivity contribution < 1.29 is 9.59 Å². The molecule has 1 heterocycles. The first-order chi connectivity index (χ1) is 12.0. The molecular weight excluding hydrogens is 356 g/mol. The number of benzene rings is 1. The molecular formula is C17H18N4O2S2. The first-order valence-electron chi connectivity index (χ1n) is 7.42. The van der Waals surface area contributed by atoms with Crippen molar-refractivity contribution in [2.45, 2.75) is 4.90 Å². The first-order valence-corrected chi connectivity index (χ1v) is 9.52. The second-order valence-corrected chi connectivity index (χ2v) is 7.01. The SMILES string of the molecule is CSc1ccccc1NC(=O)CN(C)CC(=O)Nc1sccc1C#N. The van der Waals surface area contributed by atoms with Gasteiger partial charge in [-0.3, -0.25) is 14.5 Å². The van der Waals surface area contributed by atoms with Gasteiger partial charge in [0, 0.05) is 4.90 Å². The number of anilines is 2. The monoisotopic (exact) mass is 374 g/mol. The van der Waals surface area contributed by atoms with Crippen molar-refractivity contribution in [1.29, 1.82) is 5.26 Å². The molecule has 1 aromatic heterocycles. The molecule has 1 aromatic carbocycles. The number of likely N-dealkylation sites (N-methyl/N-ethyl adjacent to an activating group) is 1. The van der Waals surface area contributed by atoms with Gasteiger partial charge in [-0.2, -0.15) is 5.26 Å². The first kappa shape index (κ1) is 19.0. The third-order valence-electron chi connectivity index (χ3n) is 3.25. The Morgan fingerprint density at radius 3 is 2.56 bits per heavy atom. The van der Waals surface area contributed by atoms with Gasteiger partial charge in [-0.05, 0) is 36.9 Å². The lowest BCUT2D eigenvalue weighted by Gasteiger charge is -2.16. The Balaban J connectivity index is 1.85. The van der Waals surface area contributed by atoms with Gasteiger partial charge < -0.3 is 10.6 Å². The highest BCUT2D eigenvalue weighted by molar-refractivity contribution is 7.98. The third kappa shape index (κ3) is 5.60. The highest BCUT2D eigenvalue weighted by Crippen LogP contribution is 2.24. The Kier molecular flexibility index (Phi) is 7.01. The van der Waals surface area contributed by atoms with Crippen molar-refractivity contribution in [1.82, 2.24) is 4.90 Å². The molecule has 0 radical (unpaired) electrons. The van der Waals surface area contributed by atoms with E-state index in [1.54, 1.807) is 35.2 Å². The molecule has 0 aliphatic carbocycles. The van der Waals surface area contributed by atoms with E-state index in [1.807, 2.05) is 36.6 Å². The van der Waals surface area contributed by atoms with E-state index in [9.17, 15) is 9.59 Å². The number of thioether (sulfide) groups is 1. The lowest BCUT2D eigenvalue weighted by atomic mass is 10.3. The van der Waals surface area contributed by atoms with E-state index in [4.69, 9.17) is 5.26 Å². The molecule has 6 nitrogen and oxygen atoms in total. The van der Waals surface area contributed by atoms with Crippen LogP contribution in [0.5, 0.6) is 0 Å². The standard InChI is InChI=1S/C17H18N4O2S2/c1-21(11-16(23)20-17-12(9-18)7-8-25-17)10-15(22)19-13-5-3-4-6-14(13)24-2/h3-8H,10-11H2,1-2H3,(H,19,22)(H,20,23). The van der Waals surface area contributed by atoms with Crippen LogP contribution in [0, 0.1) is 11.3 Å². The Morgan fingerprint density at radius 1 is 1.20 bits per heavy atom. The molecule has 0 aliphatic rings. The predicted molar refractivity (Wildman–Crippen MR) is 102 cm³/mol. The molecule has 130 valence electrons. The van der Waals surface area contributed by atoms with Crippen molar-refractivity contribution in [2.24, 2.45) is 0 Å². The maximum absolute atomic E-state index is 12.2. The Bertz CT molecular complexity index is 798. The summed E-state index contributed by atoms with van der Waals surface area (Å²) in [6, 6.07) is 11.2. The summed E-state index contributed by atoms with van der Waals surface area (Å²) >= 11 is 2.85. The smallest absolute Gasteiger partial charge is 0.239 e. The molecule has 0 saturated carbocycles. The van der Waals surface area contributed by atoms with Crippen LogP contribution in [0.4, 0.5) is 10.7 Å². The fraction of sp³-hybridized carbons (Fsp3) is 0.235. The Hall–Kier alpha value is -2.34. The number of hydrogen-bond acceptors (Lipinski definition) is 6. The van der Waals surface area contributed by atoms with Crippen molar-refractivity contribution >= 4 is 45.6 Å². The summed E-state index contributed by atoms with van der Waals surface area (Å²) in [5.74, 6) is -0.454. The molecule has 0 bridgehead atoms. The number of carbonyl (C=O) groups excluding carboxylic acids is 2. The predicted octanol–water partition coefficient (Wildman–Crippen LogP) is 2.85. The van der Waals surface area contributed by atoms with Crippen molar-refractivity contribution in [3.05, 3.63) is 41.3 Å². The van der Waals surface area contributed by atoms with Gasteiger partial charge in [0.2, 0.25) is 11.8 Å². The van der Waals surface area contributed by atoms with Gasteiger partial charge >= 0.3 is 0 Å². The van der Waals surface area contributed by atoms with E-state index in [0.717, 1.165) is 10.6 Å². The summed E-state index contributed by atoms with van der Waals surface area (Å²) in [6.45, 7) is 0.145. The topological polar surface area (TPSA) is 85.2 Å². The van der Waals surface area contributed by atoms with E-state index in [0.29, 0.717) is 10.6 Å². The summed E-state index contributed by atoms with van der Waals surface area (Å²) in [5.41, 5.74) is 1.20. The normalized spacial score (nSPS) is 10.3. The van der Waals surface area contributed by atoms with E-state index >= 15 is 0 Å². The molecule has 0 spiro atoms. The highest BCUT2D eigenvalue weighted by atomic mass is 32.2. The van der Waals surface area contributed by atoms with E-state index in [-0.39, 0.29) is 24.9 Å². The number of thiophene rings is 1. The van der Waals surface area contributed by atoms with Gasteiger partial charge in [-0.25, -0.2) is 0 Å². The molecule has 0 aliphatic heterocycles. The minimum absolute atomic E-state index is 0.0559. The van der Waals surface area contributed by atoms with Crippen LogP contribution in [-0.4, -0.2) is 43.1 Å². The molecule has 0 fully saturated rings. The number of rotatable bonds is 7. The molecule has 2 N–H and O–H groups in total. The average Bonchev–Trinajstić information content (AvgIpc) is 3.01. The average molecular weight is 374 g/mol. The van der Waals surface area contributed by atoms with E-state index in [2.05, 4.69) is 10.6 Å². The van der Waals surface area contributed by atoms with Crippen molar-refractivity contribution in [2.75, 3.05) is 37.0 Å². The quantitative estimate of drug-likeness (QED) is 0.728. The van der Waals surface area contributed by atoms with Crippen molar-refractivity contribution in [3.63, 3.8) is 0 Å². The number of carbonyl (C=O) groups is 2. The summed E-state index contributed by atoms with van der Waals surface area (Å²) in [5, 5.41) is 16.8. The zero-order chi connectivity index (χ0) is 18.2. The summed E-state index contributed by atoms with van der Waals surface area (Å²) in [4.78, 5) is 26.8. The van der Waals surface area contributed by atoms with E-state index in [1.165, 1.54) is 11.3 Å². The van der Waals surface area contributed by atoms with Gasteiger partial charge in [-0.15, -0.1) is 23.1 Å². The number of amides is 2. The molecule has 0 atom stereocenters. The maximum Gasteiger partial charge on any atom is 0.239 e. The largest absolute Gasteiger partial charge is 0.324 e. The maximum atomic E-state index is 12.2. The second-order valence-electron chi connectivity index (χ2n) is 5.24. The van der Waals surface area contributed by atoms with Gasteiger partial charge in [0.1, 0.15) is 11.1 Å². The van der Waals surface area contributed by atoms with Crippen LogP contribution in [-0.2, 0) is 9.59 Å². The van der Waals surface area contributed by atoms with Crippen LogP contribution in [0.25, 0.3) is 0 Å². The van der Waals surface area contributed by atoms with Crippen LogP contribution in [0.1, 0.15) is 5.56 Å². The minimum atomic E-state index is -0.265. The van der Waals surface area contributed by atoms with Gasteiger partial charge in [-0.1, -0.05) is 12.1 Å². The number of nitrogens with zero attached hydrogens (tertiary/aromatic N) is 2. The van der Waals surface area contributed by atoms with Crippen LogP contribution in [0.3, 0.4) is 0 Å². The van der Waals surface area contributed by atoms with Gasteiger partial charge in [0.25, 0.3) is 0 Å². The lowest BCUT2D eigenvalue weighted by molar-refractivity contribution is -0.119. The minimum Gasteiger partial charge on any atom is -0.324 e. The Morgan fingerprint density at radius 2 is 1.88 bits per heavy atom. The summed E-state index contributed by atoms with van der Waals surface area (Å²) in [6.07, 6.45) is 1.95. The molecule has 25 heavy (non-hydrogen) atoms. The lowest BCUT2D eigenvalue weighted by Crippen LogP contribution is -2.36. The van der Waals surface area contributed by atoms with Crippen LogP contribution < -0.4 is 10.6 Å². The van der Waals surface area contributed by atoms with Crippen LogP contribution in [0.15, 0.2) is 40.6 Å². The van der Waals surface area contributed by atoms with E-state index < -0.39 is 0 Å². The molecule has 2 rings (SSSR count). The molecule has 8 heteroatoms. The zero-order valence-electron chi connectivity index (χ0n) is 13.9. The number of nitriles is 1. The number of hydrogen-bond donors (Lipinski definition) is 2. The Labute approximate surface area is 154 Å². The van der Waals surface area contributed by atoms with Crippen molar-refractivity contribution in [3.8, 4) is 6.07 Å². The molecule has 2 amide bonds. The highest BCUT2D eigenvalue weighted by Gasteiger charge is 2.14. The van der Waals surface area contributed by atoms with Gasteiger partial charge in [0.15, 0.2) is 0 Å².